The van der Waals surface area contributed by atoms with E-state index < -0.39 is 12.1 Å². The first-order chi connectivity index (χ1) is 13.3. The number of ketones is 1. The van der Waals surface area contributed by atoms with Crippen molar-refractivity contribution >= 4 is 17.7 Å². The Labute approximate surface area is 168 Å². The smallest absolute Gasteiger partial charge is 0.321 e. The minimum atomic E-state index is -0.467. The number of likely N-dealkylation sites (tertiary alicyclic amines) is 1. The van der Waals surface area contributed by atoms with Crippen LogP contribution in [0, 0.1) is 11.8 Å². The van der Waals surface area contributed by atoms with Gasteiger partial charge in [-0.25, -0.2) is 4.79 Å². The van der Waals surface area contributed by atoms with E-state index in [4.69, 9.17) is 0 Å². The summed E-state index contributed by atoms with van der Waals surface area (Å²) in [5.41, 5.74) is 2.03. The fraction of sp³-hybridized carbons (Fsp3) is 0.591. The maximum Gasteiger partial charge on any atom is 0.321 e. The number of imide groups is 1. The Balaban J connectivity index is 1.86. The van der Waals surface area contributed by atoms with E-state index in [1.54, 1.807) is 13.8 Å². The van der Waals surface area contributed by atoms with Crippen molar-refractivity contribution in [1.82, 2.24) is 15.5 Å². The van der Waals surface area contributed by atoms with E-state index in [-0.39, 0.29) is 17.6 Å². The molecule has 6 nitrogen and oxygen atoms in total. The summed E-state index contributed by atoms with van der Waals surface area (Å²) in [6.45, 7) is 9.78. The van der Waals surface area contributed by atoms with Crippen LogP contribution in [0.5, 0.6) is 0 Å². The summed E-state index contributed by atoms with van der Waals surface area (Å²) in [5.74, 6) is 0.468. The van der Waals surface area contributed by atoms with Crippen molar-refractivity contribution in [3.8, 4) is 0 Å². The van der Waals surface area contributed by atoms with E-state index in [0.717, 1.165) is 24.8 Å². The lowest BCUT2D eigenvalue weighted by Gasteiger charge is -2.34. The summed E-state index contributed by atoms with van der Waals surface area (Å²) in [6, 6.07) is 7.12. The van der Waals surface area contributed by atoms with Crippen LogP contribution in [0.1, 0.15) is 56.5 Å². The molecule has 0 radical (unpaired) electrons. The van der Waals surface area contributed by atoms with Crippen molar-refractivity contribution in [2.75, 3.05) is 19.6 Å². The molecule has 1 unspecified atom stereocenters. The number of carbonyl (C=O) groups is 3. The van der Waals surface area contributed by atoms with Crippen LogP contribution in [0.3, 0.4) is 0 Å². The number of Topliss-reactive ketones (excluding diaryl/α,β-unsaturated/α-hetero) is 1. The summed E-state index contributed by atoms with van der Waals surface area (Å²) in [6.07, 6.45) is 2.47. The van der Waals surface area contributed by atoms with Gasteiger partial charge in [0.25, 0.3) is 0 Å². The zero-order valence-corrected chi connectivity index (χ0v) is 17.5. The molecule has 154 valence electrons. The largest absolute Gasteiger partial charge is 0.338 e. The second-order valence-electron chi connectivity index (χ2n) is 7.99. The average molecular weight is 388 g/mol. The molecular formula is C22H33N3O3. The maximum absolute atomic E-state index is 12.8. The molecule has 1 aromatic carbocycles. The van der Waals surface area contributed by atoms with Crippen molar-refractivity contribution in [2.24, 2.45) is 11.8 Å². The highest BCUT2D eigenvalue weighted by Crippen LogP contribution is 2.23. The Morgan fingerprint density at radius 2 is 1.68 bits per heavy atom. The molecule has 1 fully saturated rings. The molecule has 0 aliphatic carbocycles. The van der Waals surface area contributed by atoms with Gasteiger partial charge < -0.3 is 5.32 Å². The van der Waals surface area contributed by atoms with Gasteiger partial charge in [0.05, 0.1) is 6.04 Å². The number of amides is 3. The van der Waals surface area contributed by atoms with Crippen LogP contribution in [0.25, 0.3) is 0 Å². The predicted octanol–water partition coefficient (Wildman–Crippen LogP) is 3.01. The molecule has 2 rings (SSSR count). The second kappa shape index (κ2) is 10.4. The van der Waals surface area contributed by atoms with Gasteiger partial charge in [0, 0.05) is 18.0 Å². The van der Waals surface area contributed by atoms with Crippen LogP contribution in [-0.2, 0) is 11.2 Å². The van der Waals surface area contributed by atoms with Crippen LogP contribution in [-0.4, -0.2) is 48.3 Å². The van der Waals surface area contributed by atoms with Crippen molar-refractivity contribution < 1.29 is 14.4 Å². The van der Waals surface area contributed by atoms with E-state index in [9.17, 15) is 14.4 Å². The van der Waals surface area contributed by atoms with Crippen molar-refractivity contribution in [3.05, 3.63) is 35.4 Å². The average Bonchev–Trinajstić information content (AvgIpc) is 2.67. The quantitative estimate of drug-likeness (QED) is 0.705. The predicted molar refractivity (Wildman–Crippen MR) is 110 cm³/mol. The monoisotopic (exact) mass is 387 g/mol. The number of nitrogens with zero attached hydrogens (tertiary/aromatic N) is 1. The van der Waals surface area contributed by atoms with E-state index >= 15 is 0 Å². The van der Waals surface area contributed by atoms with Gasteiger partial charge in [-0.2, -0.15) is 0 Å². The first-order valence-electron chi connectivity index (χ1n) is 10.3. The molecule has 1 aromatic rings. The van der Waals surface area contributed by atoms with Crippen LogP contribution in [0.15, 0.2) is 24.3 Å². The molecule has 6 heteroatoms. The molecule has 1 aliphatic rings. The molecule has 28 heavy (non-hydrogen) atoms. The van der Waals surface area contributed by atoms with Gasteiger partial charge in [0.2, 0.25) is 5.91 Å². The highest BCUT2D eigenvalue weighted by molar-refractivity contribution is 5.98. The van der Waals surface area contributed by atoms with E-state index in [1.165, 1.54) is 5.56 Å². The number of rotatable bonds is 7. The van der Waals surface area contributed by atoms with E-state index in [2.05, 4.69) is 36.6 Å². The lowest BCUT2D eigenvalue weighted by Crippen LogP contribution is -2.51. The fourth-order valence-electron chi connectivity index (χ4n) is 3.65. The number of piperidine rings is 1. The minimum Gasteiger partial charge on any atom is -0.338 e. The highest BCUT2D eigenvalue weighted by Gasteiger charge is 2.30. The summed E-state index contributed by atoms with van der Waals surface area (Å²) in [5, 5.41) is 4.91. The van der Waals surface area contributed by atoms with Gasteiger partial charge in [-0.15, -0.1) is 0 Å². The minimum absolute atomic E-state index is 0.00847. The number of hydrogen-bond donors (Lipinski definition) is 2. The number of benzene rings is 1. The van der Waals surface area contributed by atoms with Crippen molar-refractivity contribution in [1.29, 1.82) is 0 Å². The van der Waals surface area contributed by atoms with Gasteiger partial charge in [-0.3, -0.25) is 19.8 Å². The summed E-state index contributed by atoms with van der Waals surface area (Å²) < 4.78 is 0. The molecule has 0 spiro atoms. The molecule has 1 heterocycles. The van der Waals surface area contributed by atoms with Crippen LogP contribution >= 0.6 is 0 Å². The van der Waals surface area contributed by atoms with Crippen LogP contribution in [0.2, 0.25) is 0 Å². The number of urea groups is 1. The van der Waals surface area contributed by atoms with Gasteiger partial charge in [0.1, 0.15) is 0 Å². The lowest BCUT2D eigenvalue weighted by molar-refractivity contribution is -0.125. The number of hydrogen-bond acceptors (Lipinski definition) is 4. The topological polar surface area (TPSA) is 78.5 Å². The van der Waals surface area contributed by atoms with Gasteiger partial charge >= 0.3 is 6.03 Å². The number of nitrogens with one attached hydrogen (secondary N) is 2. The maximum atomic E-state index is 12.8. The van der Waals surface area contributed by atoms with Crippen molar-refractivity contribution in [2.45, 2.75) is 53.0 Å². The normalized spacial score (nSPS) is 16.6. The standard InChI is InChI=1S/C22H33N3O3/c1-5-23-22(28)24-21(27)16(4)25-12-10-19(11-13-25)20(26)18-8-6-17(7-9-18)14-15(2)3/h6-9,15-16,19H,5,10-14H2,1-4H3,(H2,23,24,27,28). The zero-order chi connectivity index (χ0) is 20.7. The Kier molecular flexibility index (Phi) is 8.18. The third kappa shape index (κ3) is 6.16. The Bertz CT molecular complexity index is 677. The third-order valence-electron chi connectivity index (χ3n) is 5.28. The molecule has 0 saturated carbocycles. The van der Waals surface area contributed by atoms with Gasteiger partial charge in [0.15, 0.2) is 5.78 Å². The molecule has 2 N–H and O–H groups in total. The lowest BCUT2D eigenvalue weighted by atomic mass is 9.88. The Hall–Kier alpha value is -2.21. The Morgan fingerprint density at radius 3 is 2.21 bits per heavy atom. The zero-order valence-electron chi connectivity index (χ0n) is 17.5. The fourth-order valence-corrected chi connectivity index (χ4v) is 3.65. The first-order valence-corrected chi connectivity index (χ1v) is 10.3. The van der Waals surface area contributed by atoms with Crippen LogP contribution < -0.4 is 10.6 Å². The highest BCUT2D eigenvalue weighted by atomic mass is 16.2. The SMILES string of the molecule is CCNC(=O)NC(=O)C(C)N1CCC(C(=O)c2ccc(CC(C)C)cc2)CC1. The third-order valence-corrected chi connectivity index (χ3v) is 5.28. The van der Waals surface area contributed by atoms with Gasteiger partial charge in [-0.05, 0) is 57.7 Å². The van der Waals surface area contributed by atoms with Crippen molar-refractivity contribution in [3.63, 3.8) is 0 Å². The molecule has 1 aliphatic heterocycles. The first kappa shape index (κ1) is 22.1. The molecular weight excluding hydrogens is 354 g/mol. The summed E-state index contributed by atoms with van der Waals surface area (Å²) >= 11 is 0. The second-order valence-corrected chi connectivity index (χ2v) is 7.99. The molecule has 1 atom stereocenters. The molecule has 0 bridgehead atoms. The van der Waals surface area contributed by atoms with E-state index in [0.29, 0.717) is 25.6 Å². The molecule has 3 amide bonds. The number of carbonyl (C=O) groups excluding carboxylic acids is 3. The summed E-state index contributed by atoms with van der Waals surface area (Å²) in [7, 11) is 0. The Morgan fingerprint density at radius 1 is 1.07 bits per heavy atom. The summed E-state index contributed by atoms with van der Waals surface area (Å²) in [4.78, 5) is 38.5. The van der Waals surface area contributed by atoms with Gasteiger partial charge in [-0.1, -0.05) is 38.1 Å². The molecule has 1 saturated heterocycles. The van der Waals surface area contributed by atoms with E-state index in [1.807, 2.05) is 17.0 Å². The molecule has 0 aromatic heterocycles. The van der Waals surface area contributed by atoms with Crippen LogP contribution in [0.4, 0.5) is 4.79 Å².